The molecule has 0 amide bonds. The van der Waals surface area contributed by atoms with E-state index >= 15 is 0 Å². The number of anilines is 6. The number of hydrogen-bond acceptors (Lipinski definition) is 4. The average molecular weight is 898 g/mol. The van der Waals surface area contributed by atoms with Crippen molar-refractivity contribution in [3.05, 3.63) is 252 Å². The van der Waals surface area contributed by atoms with Gasteiger partial charge in [-0.25, -0.2) is 0 Å². The Morgan fingerprint density at radius 2 is 0.879 bits per heavy atom. The monoisotopic (exact) mass is 896 g/mol. The highest BCUT2D eigenvalue weighted by atomic mass is 35.5. The fraction of sp³-hybridized carbons (Fsp3) is 0.0164. The van der Waals surface area contributed by atoms with Gasteiger partial charge in [-0.1, -0.05) is 157 Å². The zero-order valence-electron chi connectivity index (χ0n) is 35.5. The molecule has 66 heavy (non-hydrogen) atoms. The highest BCUT2D eigenvalue weighted by Gasteiger charge is 2.52. The van der Waals surface area contributed by atoms with Crippen molar-refractivity contribution in [1.82, 2.24) is 0 Å². The largest absolute Gasteiger partial charge is 0.310 e. The first-order valence-electron chi connectivity index (χ1n) is 22.4. The zero-order chi connectivity index (χ0) is 43.5. The van der Waals surface area contributed by atoms with Gasteiger partial charge in [0.2, 0.25) is 0 Å². The lowest BCUT2D eigenvalue weighted by atomic mass is 9.70. The Hall–Kier alpha value is -7.47. The van der Waals surface area contributed by atoms with E-state index in [0.29, 0.717) is 0 Å². The maximum atomic E-state index is 7.18. The summed E-state index contributed by atoms with van der Waals surface area (Å²) in [5.41, 5.74) is 16.7. The van der Waals surface area contributed by atoms with Gasteiger partial charge in [-0.15, -0.1) is 22.7 Å². The minimum absolute atomic E-state index is 0.425. The van der Waals surface area contributed by atoms with Crippen LogP contribution in [0, 0.1) is 0 Å². The topological polar surface area (TPSA) is 6.48 Å². The van der Waals surface area contributed by atoms with E-state index in [1.807, 2.05) is 11.3 Å². The Labute approximate surface area is 395 Å². The average Bonchev–Trinajstić information content (AvgIpc) is 4.10. The lowest BCUT2D eigenvalue weighted by Gasteiger charge is -2.31. The molecular weight excluding hydrogens is 860 g/mol. The third-order valence-electron chi connectivity index (χ3n) is 13.9. The molecular formula is C61H37ClN2S2. The summed E-state index contributed by atoms with van der Waals surface area (Å²) >= 11 is 10.8. The van der Waals surface area contributed by atoms with E-state index < -0.39 is 5.41 Å². The van der Waals surface area contributed by atoms with E-state index in [-0.39, 0.29) is 0 Å². The molecule has 5 heteroatoms. The van der Waals surface area contributed by atoms with Gasteiger partial charge in [0.15, 0.2) is 0 Å². The quantitative estimate of drug-likeness (QED) is 0.164. The summed E-state index contributed by atoms with van der Waals surface area (Å²) in [6, 6.07) is 82.5. The first-order valence-corrected chi connectivity index (χ1v) is 24.4. The zero-order valence-corrected chi connectivity index (χ0v) is 37.8. The van der Waals surface area contributed by atoms with Gasteiger partial charge >= 0.3 is 0 Å². The van der Waals surface area contributed by atoms with E-state index in [9.17, 15) is 0 Å². The van der Waals surface area contributed by atoms with Crippen LogP contribution in [-0.4, -0.2) is 0 Å². The standard InChI is InChI=1S/C61H37ClN2S2/c62-53-35-42(37-58-60(53)47-23-10-14-29-55(47)66-58)63(38-16-3-1-4-17-38)41-30-32-45-48-34-40(31-33-56(48)65-57(45)36-41)64(39-18-5-2-6-19-39)54-28-15-27-52-59(54)46-22-9-13-26-51(46)61(52)49-24-11-7-20-43(49)44-21-8-12-25-50(44)61/h1-37H. The molecule has 2 aliphatic rings. The van der Waals surface area contributed by atoms with Crippen molar-refractivity contribution < 1.29 is 0 Å². The number of rotatable bonds is 6. The van der Waals surface area contributed by atoms with E-state index in [0.717, 1.165) is 38.8 Å². The predicted octanol–water partition coefficient (Wildman–Crippen LogP) is 18.4. The van der Waals surface area contributed by atoms with Crippen LogP contribution in [0.2, 0.25) is 5.02 Å². The van der Waals surface area contributed by atoms with Crippen molar-refractivity contribution in [3.8, 4) is 22.3 Å². The molecule has 2 heterocycles. The van der Waals surface area contributed by atoms with Crippen LogP contribution in [0.4, 0.5) is 34.1 Å². The molecule has 2 nitrogen and oxygen atoms in total. The fourth-order valence-corrected chi connectivity index (χ4v) is 13.9. The van der Waals surface area contributed by atoms with Gasteiger partial charge in [0, 0.05) is 74.3 Å². The van der Waals surface area contributed by atoms with Gasteiger partial charge in [-0.05, 0) is 118 Å². The molecule has 310 valence electrons. The molecule has 2 aromatic heterocycles. The fourth-order valence-electron chi connectivity index (χ4n) is 11.3. The van der Waals surface area contributed by atoms with E-state index in [1.54, 1.807) is 11.3 Å². The van der Waals surface area contributed by atoms with Gasteiger partial charge < -0.3 is 9.80 Å². The lowest BCUT2D eigenvalue weighted by Crippen LogP contribution is -2.26. The number of thiophene rings is 2. The van der Waals surface area contributed by atoms with Crippen LogP contribution in [0.3, 0.4) is 0 Å². The molecule has 0 radical (unpaired) electrons. The number of fused-ring (bicyclic) bond motifs is 16. The first kappa shape index (κ1) is 37.9. The number of hydrogen-bond donors (Lipinski definition) is 0. The van der Waals surface area contributed by atoms with Crippen LogP contribution in [0.1, 0.15) is 22.3 Å². The molecule has 0 atom stereocenters. The molecule has 0 saturated heterocycles. The maximum Gasteiger partial charge on any atom is 0.0726 e. The van der Waals surface area contributed by atoms with Gasteiger partial charge in [-0.2, -0.15) is 0 Å². The second kappa shape index (κ2) is 14.5. The van der Waals surface area contributed by atoms with Crippen molar-refractivity contribution in [2.75, 3.05) is 9.80 Å². The van der Waals surface area contributed by atoms with Crippen molar-refractivity contribution in [1.29, 1.82) is 0 Å². The van der Waals surface area contributed by atoms with E-state index in [2.05, 4.69) is 234 Å². The Balaban J connectivity index is 0.940. The Morgan fingerprint density at radius 3 is 1.62 bits per heavy atom. The molecule has 12 aromatic rings. The highest BCUT2D eigenvalue weighted by Crippen LogP contribution is 2.64. The van der Waals surface area contributed by atoms with E-state index in [4.69, 9.17) is 11.6 Å². The normalized spacial score (nSPS) is 13.0. The third kappa shape index (κ3) is 5.35. The number of benzene rings is 10. The maximum absolute atomic E-state index is 7.18. The minimum Gasteiger partial charge on any atom is -0.310 e. The van der Waals surface area contributed by atoms with Crippen molar-refractivity contribution in [2.24, 2.45) is 0 Å². The highest BCUT2D eigenvalue weighted by molar-refractivity contribution is 7.26. The van der Waals surface area contributed by atoms with Gasteiger partial charge in [0.05, 0.1) is 16.1 Å². The summed E-state index contributed by atoms with van der Waals surface area (Å²) in [4.78, 5) is 4.81. The van der Waals surface area contributed by atoms with Crippen LogP contribution in [0.5, 0.6) is 0 Å². The minimum atomic E-state index is -0.425. The smallest absolute Gasteiger partial charge is 0.0726 e. The van der Waals surface area contributed by atoms with Gasteiger partial charge in [0.25, 0.3) is 0 Å². The predicted molar refractivity (Wildman–Crippen MR) is 283 cm³/mol. The Morgan fingerprint density at radius 1 is 0.333 bits per heavy atom. The first-order chi connectivity index (χ1) is 32.6. The molecule has 1 spiro atoms. The molecule has 0 unspecified atom stereocenters. The van der Waals surface area contributed by atoms with Gasteiger partial charge in [-0.3, -0.25) is 0 Å². The second-order valence-corrected chi connectivity index (χ2v) is 19.9. The Bertz CT molecular complexity index is 3880. The summed E-state index contributed by atoms with van der Waals surface area (Å²) < 4.78 is 4.90. The molecule has 0 aliphatic heterocycles. The Kier molecular flexibility index (Phi) is 8.33. The molecule has 0 N–H and O–H groups in total. The summed E-state index contributed by atoms with van der Waals surface area (Å²) in [6.45, 7) is 0. The summed E-state index contributed by atoms with van der Waals surface area (Å²) in [5, 5.41) is 5.56. The SMILES string of the molecule is Clc1cc(N(c2ccccc2)c2ccc3c(c2)sc2ccc(N(c4ccccc4)c4cccc5c4-c4ccccc4C54c5ccccc5-c5ccccc54)cc23)cc2sc3ccccc3c12. The van der Waals surface area contributed by atoms with E-state index in [1.165, 1.54) is 85.2 Å². The molecule has 14 rings (SSSR count). The van der Waals surface area contributed by atoms with Crippen LogP contribution in [-0.2, 0) is 5.41 Å². The lowest BCUT2D eigenvalue weighted by molar-refractivity contribution is 0.794. The number of nitrogens with zero attached hydrogens (tertiary/aromatic N) is 2. The molecule has 0 fully saturated rings. The van der Waals surface area contributed by atoms with Crippen LogP contribution in [0.15, 0.2) is 224 Å². The second-order valence-electron chi connectivity index (χ2n) is 17.3. The summed E-state index contributed by atoms with van der Waals surface area (Å²) in [7, 11) is 0. The summed E-state index contributed by atoms with van der Waals surface area (Å²) in [6.07, 6.45) is 0. The number of halogens is 1. The van der Waals surface area contributed by atoms with Gasteiger partial charge in [0.1, 0.15) is 0 Å². The molecule has 0 saturated carbocycles. The molecule has 0 bridgehead atoms. The van der Waals surface area contributed by atoms with Crippen LogP contribution >= 0.6 is 34.3 Å². The van der Waals surface area contributed by atoms with Crippen molar-refractivity contribution in [2.45, 2.75) is 5.41 Å². The van der Waals surface area contributed by atoms with Crippen LogP contribution in [0.25, 0.3) is 62.6 Å². The summed E-state index contributed by atoms with van der Waals surface area (Å²) in [5.74, 6) is 0. The molecule has 10 aromatic carbocycles. The van der Waals surface area contributed by atoms with Crippen molar-refractivity contribution >= 4 is 109 Å². The third-order valence-corrected chi connectivity index (χ3v) is 16.4. The molecule has 2 aliphatic carbocycles. The number of para-hydroxylation sites is 2. The van der Waals surface area contributed by atoms with Crippen molar-refractivity contribution in [3.63, 3.8) is 0 Å². The van der Waals surface area contributed by atoms with Crippen LogP contribution < -0.4 is 9.80 Å².